The molecular weight excluding hydrogens is 463 g/mol. The maximum Gasteiger partial charge on any atom is 0.242 e. The zero-order valence-corrected chi connectivity index (χ0v) is 20.0. The Labute approximate surface area is 207 Å². The fraction of sp³-hybridized carbons (Fsp3) is 0.148. The van der Waals surface area contributed by atoms with Gasteiger partial charge in [-0.25, -0.2) is 4.39 Å². The number of para-hydroxylation sites is 1. The summed E-state index contributed by atoms with van der Waals surface area (Å²) in [5.41, 5.74) is 2.66. The molecule has 6 nitrogen and oxygen atoms in total. The Balaban J connectivity index is 1.58. The fourth-order valence-corrected chi connectivity index (χ4v) is 4.45. The van der Waals surface area contributed by atoms with Crippen LogP contribution in [-0.4, -0.2) is 20.7 Å². The molecule has 1 aromatic heterocycles. The molecule has 0 saturated carbocycles. The summed E-state index contributed by atoms with van der Waals surface area (Å²) in [5, 5.41) is 11.5. The first-order valence-corrected chi connectivity index (χ1v) is 11.9. The van der Waals surface area contributed by atoms with E-state index >= 15 is 0 Å². The number of rotatable bonds is 10. The molecule has 35 heavy (non-hydrogen) atoms. The minimum absolute atomic E-state index is 0.0217. The second kappa shape index (κ2) is 11.5. The van der Waals surface area contributed by atoms with E-state index in [1.807, 2.05) is 66.1 Å². The largest absolute Gasteiger partial charge is 0.483 e. The van der Waals surface area contributed by atoms with E-state index in [4.69, 9.17) is 4.74 Å². The summed E-state index contributed by atoms with van der Waals surface area (Å²) in [6, 6.07) is 23.3. The van der Waals surface area contributed by atoms with E-state index in [0.717, 1.165) is 11.1 Å². The Kier molecular flexibility index (Phi) is 7.95. The molecule has 1 atom stereocenters. The van der Waals surface area contributed by atoms with Crippen molar-refractivity contribution in [2.45, 2.75) is 30.5 Å². The number of hydrogen-bond acceptors (Lipinski definition) is 5. The summed E-state index contributed by atoms with van der Waals surface area (Å²) < 4.78 is 21.4. The molecule has 0 aliphatic rings. The fourth-order valence-electron chi connectivity index (χ4n) is 3.38. The number of carbonyl (C=O) groups excluding carboxylic acids is 1. The predicted molar refractivity (Wildman–Crippen MR) is 136 cm³/mol. The van der Waals surface area contributed by atoms with Crippen molar-refractivity contribution in [3.05, 3.63) is 114 Å². The first kappa shape index (κ1) is 24.2. The first-order valence-electron chi connectivity index (χ1n) is 11.0. The number of amides is 1. The molecule has 4 aromatic rings. The van der Waals surface area contributed by atoms with Crippen molar-refractivity contribution in [2.75, 3.05) is 5.32 Å². The van der Waals surface area contributed by atoms with Crippen LogP contribution >= 0.6 is 11.8 Å². The lowest BCUT2D eigenvalue weighted by Crippen LogP contribution is -2.19. The van der Waals surface area contributed by atoms with Gasteiger partial charge >= 0.3 is 0 Å². The van der Waals surface area contributed by atoms with Crippen molar-refractivity contribution in [2.24, 2.45) is 0 Å². The second-order valence-electron chi connectivity index (χ2n) is 7.78. The zero-order chi connectivity index (χ0) is 24.6. The van der Waals surface area contributed by atoms with E-state index in [2.05, 4.69) is 22.1 Å². The van der Waals surface area contributed by atoms with Crippen molar-refractivity contribution in [1.29, 1.82) is 0 Å². The molecule has 0 radical (unpaired) electrons. The highest BCUT2D eigenvalue weighted by atomic mass is 32.2. The number of nitrogens with zero attached hydrogens (tertiary/aromatic N) is 3. The Morgan fingerprint density at radius 2 is 1.80 bits per heavy atom. The number of hydrogen-bond donors (Lipinski definition) is 1. The van der Waals surface area contributed by atoms with Crippen LogP contribution in [0.25, 0.3) is 0 Å². The van der Waals surface area contributed by atoms with Crippen molar-refractivity contribution in [3.8, 4) is 5.75 Å². The molecule has 0 aliphatic carbocycles. The number of ether oxygens (including phenoxy) is 1. The Hall–Kier alpha value is -3.91. The Bertz CT molecular complexity index is 1290. The third-order valence-electron chi connectivity index (χ3n) is 5.18. The number of thioether (sulfide) groups is 1. The van der Waals surface area contributed by atoms with Crippen LogP contribution in [0.4, 0.5) is 10.1 Å². The lowest BCUT2D eigenvalue weighted by molar-refractivity contribution is -0.115. The van der Waals surface area contributed by atoms with E-state index in [9.17, 15) is 9.18 Å². The third-order valence-corrected chi connectivity index (χ3v) is 6.42. The molecule has 8 heteroatoms. The van der Waals surface area contributed by atoms with E-state index < -0.39 is 11.1 Å². The zero-order valence-electron chi connectivity index (χ0n) is 19.2. The van der Waals surface area contributed by atoms with E-state index in [0.29, 0.717) is 23.2 Å². The lowest BCUT2D eigenvalue weighted by Gasteiger charge is -2.17. The van der Waals surface area contributed by atoms with Crippen molar-refractivity contribution < 1.29 is 13.9 Å². The summed E-state index contributed by atoms with van der Waals surface area (Å²) >= 11 is 1.28. The molecule has 1 amide bonds. The monoisotopic (exact) mass is 488 g/mol. The Morgan fingerprint density at radius 1 is 1.09 bits per heavy atom. The normalized spacial score (nSPS) is 11.6. The number of halogens is 1. The molecule has 0 bridgehead atoms. The van der Waals surface area contributed by atoms with Gasteiger partial charge in [0.15, 0.2) is 22.5 Å². The molecule has 1 N–H and O–H groups in total. The molecule has 4 rings (SSSR count). The average molecular weight is 489 g/mol. The van der Waals surface area contributed by atoms with Crippen LogP contribution in [0.5, 0.6) is 5.75 Å². The van der Waals surface area contributed by atoms with Crippen molar-refractivity contribution >= 4 is 23.4 Å². The number of aromatic nitrogens is 3. The van der Waals surface area contributed by atoms with Crippen LogP contribution in [0.2, 0.25) is 0 Å². The van der Waals surface area contributed by atoms with Crippen LogP contribution < -0.4 is 10.1 Å². The second-order valence-corrected chi connectivity index (χ2v) is 8.85. The van der Waals surface area contributed by atoms with Crippen molar-refractivity contribution in [3.63, 3.8) is 0 Å². The van der Waals surface area contributed by atoms with Gasteiger partial charge in [0, 0.05) is 12.2 Å². The van der Waals surface area contributed by atoms with Gasteiger partial charge in [-0.2, -0.15) is 0 Å². The SMILES string of the molecule is C=CCn1c(COc2ccccc2F)nnc1SC(C(=O)Nc1ccc(C)cc1)c1ccccc1. The summed E-state index contributed by atoms with van der Waals surface area (Å²) in [4.78, 5) is 13.4. The van der Waals surface area contributed by atoms with E-state index in [1.54, 1.807) is 24.3 Å². The van der Waals surface area contributed by atoms with Crippen LogP contribution in [0.15, 0.2) is 96.7 Å². The minimum atomic E-state index is -0.578. The highest BCUT2D eigenvalue weighted by Gasteiger charge is 2.26. The van der Waals surface area contributed by atoms with Gasteiger partial charge in [-0.3, -0.25) is 9.36 Å². The highest BCUT2D eigenvalue weighted by Crippen LogP contribution is 2.36. The van der Waals surface area contributed by atoms with Gasteiger partial charge in [0.25, 0.3) is 0 Å². The number of carbonyl (C=O) groups is 1. The molecular formula is C27H25FN4O2S. The topological polar surface area (TPSA) is 69.0 Å². The van der Waals surface area contributed by atoms with Gasteiger partial charge in [-0.1, -0.05) is 78.0 Å². The Morgan fingerprint density at radius 3 is 2.51 bits per heavy atom. The van der Waals surface area contributed by atoms with Gasteiger partial charge in [0.1, 0.15) is 11.9 Å². The summed E-state index contributed by atoms with van der Waals surface area (Å²) in [6.45, 7) is 6.24. The lowest BCUT2D eigenvalue weighted by atomic mass is 10.1. The maximum absolute atomic E-state index is 14.0. The van der Waals surface area contributed by atoms with Gasteiger partial charge in [-0.05, 0) is 36.8 Å². The van der Waals surface area contributed by atoms with Gasteiger partial charge in [-0.15, -0.1) is 16.8 Å². The number of anilines is 1. The summed E-state index contributed by atoms with van der Waals surface area (Å²) in [7, 11) is 0. The minimum Gasteiger partial charge on any atom is -0.483 e. The number of benzene rings is 3. The highest BCUT2D eigenvalue weighted by molar-refractivity contribution is 8.00. The quantitative estimate of drug-likeness (QED) is 0.220. The maximum atomic E-state index is 14.0. The summed E-state index contributed by atoms with van der Waals surface area (Å²) in [5.74, 6) is 0.00654. The third kappa shape index (κ3) is 6.16. The van der Waals surface area contributed by atoms with Gasteiger partial charge < -0.3 is 10.1 Å². The standard InChI is InChI=1S/C27H25FN4O2S/c1-3-17-32-24(18-34-23-12-8-7-11-22(23)28)30-31-27(32)35-25(20-9-5-4-6-10-20)26(33)29-21-15-13-19(2)14-16-21/h3-16,25H,1,17-18H2,2H3,(H,29,33). The van der Waals surface area contributed by atoms with E-state index in [-0.39, 0.29) is 18.3 Å². The van der Waals surface area contributed by atoms with Crippen LogP contribution in [0.1, 0.15) is 22.2 Å². The van der Waals surface area contributed by atoms with Crippen LogP contribution in [0, 0.1) is 12.7 Å². The smallest absolute Gasteiger partial charge is 0.242 e. The molecule has 1 unspecified atom stereocenters. The average Bonchev–Trinajstić information content (AvgIpc) is 3.25. The summed E-state index contributed by atoms with van der Waals surface area (Å²) in [6.07, 6.45) is 1.71. The molecule has 178 valence electrons. The predicted octanol–water partition coefficient (Wildman–Crippen LogP) is 5.96. The van der Waals surface area contributed by atoms with Crippen LogP contribution in [-0.2, 0) is 17.9 Å². The van der Waals surface area contributed by atoms with E-state index in [1.165, 1.54) is 17.8 Å². The first-order chi connectivity index (χ1) is 17.0. The van der Waals surface area contributed by atoms with Gasteiger partial charge in [0.2, 0.25) is 5.91 Å². The van der Waals surface area contributed by atoms with Gasteiger partial charge in [0.05, 0.1) is 0 Å². The number of allylic oxidation sites excluding steroid dienone is 1. The van der Waals surface area contributed by atoms with Crippen LogP contribution in [0.3, 0.4) is 0 Å². The molecule has 0 fully saturated rings. The number of aryl methyl sites for hydroxylation is 1. The molecule has 0 saturated heterocycles. The number of nitrogens with one attached hydrogen (secondary N) is 1. The molecule has 1 heterocycles. The molecule has 3 aromatic carbocycles. The molecule has 0 aliphatic heterocycles. The van der Waals surface area contributed by atoms with Crippen molar-refractivity contribution in [1.82, 2.24) is 14.8 Å². The molecule has 0 spiro atoms.